The average molecular weight is 346 g/mol. The second kappa shape index (κ2) is 6.76. The summed E-state index contributed by atoms with van der Waals surface area (Å²) in [5, 5.41) is 2.49. The second-order valence-corrected chi connectivity index (χ2v) is 5.41. The van der Waals surface area contributed by atoms with Crippen LogP contribution in [-0.2, 0) is 9.53 Å². The summed E-state index contributed by atoms with van der Waals surface area (Å²) in [6.45, 7) is 1.94. The van der Waals surface area contributed by atoms with Gasteiger partial charge in [-0.3, -0.25) is 9.69 Å². The summed E-state index contributed by atoms with van der Waals surface area (Å²) in [7, 11) is 0. The highest BCUT2D eigenvalue weighted by Gasteiger charge is 2.32. The predicted molar refractivity (Wildman–Crippen MR) is 84.1 cm³/mol. The number of rotatable bonds is 4. The Bertz CT molecular complexity index is 832. The summed E-state index contributed by atoms with van der Waals surface area (Å²) in [6.07, 6.45) is -1.15. The molecule has 1 aliphatic heterocycles. The average Bonchev–Trinajstić information content (AvgIpc) is 3.23. The molecular weight excluding hydrogens is 331 g/mol. The molecule has 8 heteroatoms. The first-order valence-corrected chi connectivity index (χ1v) is 7.62. The molecule has 1 fully saturated rings. The van der Waals surface area contributed by atoms with E-state index in [0.29, 0.717) is 6.54 Å². The van der Waals surface area contributed by atoms with Gasteiger partial charge in [-0.2, -0.15) is 0 Å². The van der Waals surface area contributed by atoms with Crippen LogP contribution in [0, 0.1) is 5.82 Å². The number of urea groups is 1. The molecule has 0 aliphatic carbocycles. The van der Waals surface area contributed by atoms with E-state index in [-0.39, 0.29) is 23.6 Å². The third-order valence-corrected chi connectivity index (χ3v) is 3.70. The standard InChI is InChI=1S/C17H15FN2O5/c1-10(15(21)20-9-8-19-17(20)23)24-16(22)14-7-6-13(25-14)11-4-2-3-5-12(11)18/h2-7,10H,8-9H2,1H3,(H,19,23)/t10-/m1/s1. The maximum absolute atomic E-state index is 13.7. The maximum Gasteiger partial charge on any atom is 0.375 e. The van der Waals surface area contributed by atoms with E-state index in [1.54, 1.807) is 12.1 Å². The van der Waals surface area contributed by atoms with E-state index >= 15 is 0 Å². The Morgan fingerprint density at radius 3 is 2.72 bits per heavy atom. The number of nitrogens with zero attached hydrogens (tertiary/aromatic N) is 1. The number of ether oxygens (including phenoxy) is 1. The first kappa shape index (κ1) is 16.7. The molecule has 0 saturated carbocycles. The molecule has 0 bridgehead atoms. The van der Waals surface area contributed by atoms with E-state index in [0.717, 1.165) is 4.90 Å². The fraction of sp³-hybridized carbons (Fsp3) is 0.235. The zero-order chi connectivity index (χ0) is 18.0. The van der Waals surface area contributed by atoms with Crippen LogP contribution in [-0.4, -0.2) is 42.0 Å². The molecule has 0 unspecified atom stereocenters. The highest BCUT2D eigenvalue weighted by atomic mass is 19.1. The SMILES string of the molecule is C[C@@H](OC(=O)c1ccc(-c2ccccc2F)o1)C(=O)N1CCNC1=O. The second-order valence-electron chi connectivity index (χ2n) is 5.41. The Balaban J connectivity index is 1.69. The van der Waals surface area contributed by atoms with Gasteiger partial charge >= 0.3 is 12.0 Å². The first-order valence-electron chi connectivity index (χ1n) is 7.62. The number of halogens is 1. The molecule has 3 amide bonds. The molecule has 3 rings (SSSR count). The van der Waals surface area contributed by atoms with Crippen LogP contribution in [0.5, 0.6) is 0 Å². The van der Waals surface area contributed by atoms with Crippen LogP contribution < -0.4 is 5.32 Å². The van der Waals surface area contributed by atoms with E-state index < -0.39 is 29.8 Å². The van der Waals surface area contributed by atoms with Crippen LogP contribution in [0.4, 0.5) is 9.18 Å². The molecule has 1 saturated heterocycles. The summed E-state index contributed by atoms with van der Waals surface area (Å²) in [5.41, 5.74) is 0.208. The number of carbonyl (C=O) groups excluding carboxylic acids is 3. The molecule has 25 heavy (non-hydrogen) atoms. The topological polar surface area (TPSA) is 88.8 Å². The lowest BCUT2D eigenvalue weighted by molar-refractivity contribution is -0.136. The lowest BCUT2D eigenvalue weighted by atomic mass is 10.1. The lowest BCUT2D eigenvalue weighted by Gasteiger charge is -2.17. The van der Waals surface area contributed by atoms with Gasteiger partial charge in [-0.1, -0.05) is 12.1 Å². The van der Waals surface area contributed by atoms with Gasteiger partial charge in [-0.25, -0.2) is 14.0 Å². The number of esters is 1. The lowest BCUT2D eigenvalue weighted by Crippen LogP contribution is -2.41. The molecule has 0 spiro atoms. The molecular formula is C17H15FN2O5. The van der Waals surface area contributed by atoms with Gasteiger partial charge in [0.05, 0.1) is 5.56 Å². The van der Waals surface area contributed by atoms with Crippen molar-refractivity contribution in [3.63, 3.8) is 0 Å². The minimum atomic E-state index is -1.15. The van der Waals surface area contributed by atoms with E-state index in [4.69, 9.17) is 9.15 Å². The number of nitrogens with one attached hydrogen (secondary N) is 1. The van der Waals surface area contributed by atoms with Crippen LogP contribution in [0.25, 0.3) is 11.3 Å². The third kappa shape index (κ3) is 3.37. The Labute approximate surface area is 142 Å². The Hall–Kier alpha value is -3.16. The number of amides is 3. The third-order valence-electron chi connectivity index (χ3n) is 3.70. The Morgan fingerprint density at radius 1 is 1.28 bits per heavy atom. The molecule has 1 aromatic carbocycles. The minimum Gasteiger partial charge on any atom is -0.449 e. The number of benzene rings is 1. The van der Waals surface area contributed by atoms with Gasteiger partial charge in [0.15, 0.2) is 6.10 Å². The van der Waals surface area contributed by atoms with Gasteiger partial charge in [-0.15, -0.1) is 0 Å². The van der Waals surface area contributed by atoms with E-state index in [2.05, 4.69) is 5.32 Å². The Morgan fingerprint density at radius 2 is 2.04 bits per heavy atom. The predicted octanol–water partition coefficient (Wildman–Crippen LogP) is 2.18. The van der Waals surface area contributed by atoms with E-state index in [9.17, 15) is 18.8 Å². The number of furan rings is 1. The molecule has 1 aliphatic rings. The van der Waals surface area contributed by atoms with Crippen molar-refractivity contribution in [1.82, 2.24) is 10.2 Å². The Kier molecular flexibility index (Phi) is 4.51. The highest BCUT2D eigenvalue weighted by Crippen LogP contribution is 2.25. The van der Waals surface area contributed by atoms with Crippen molar-refractivity contribution in [2.24, 2.45) is 0 Å². The number of hydrogen-bond donors (Lipinski definition) is 1. The van der Waals surface area contributed by atoms with Crippen molar-refractivity contribution in [2.75, 3.05) is 13.1 Å². The number of carbonyl (C=O) groups is 3. The minimum absolute atomic E-state index is 0.163. The van der Waals surface area contributed by atoms with Gasteiger partial charge in [0.1, 0.15) is 11.6 Å². The smallest absolute Gasteiger partial charge is 0.375 e. The normalized spacial score (nSPS) is 15.0. The first-order chi connectivity index (χ1) is 12.0. The largest absolute Gasteiger partial charge is 0.449 e. The summed E-state index contributed by atoms with van der Waals surface area (Å²) in [5.74, 6) is -1.97. The van der Waals surface area contributed by atoms with Gasteiger partial charge in [0, 0.05) is 13.1 Å². The van der Waals surface area contributed by atoms with Crippen LogP contribution in [0.1, 0.15) is 17.5 Å². The van der Waals surface area contributed by atoms with Crippen LogP contribution in [0.2, 0.25) is 0 Å². The zero-order valence-corrected chi connectivity index (χ0v) is 13.3. The summed E-state index contributed by atoms with van der Waals surface area (Å²) in [6, 6.07) is 8.23. The highest BCUT2D eigenvalue weighted by molar-refractivity contribution is 5.99. The van der Waals surface area contributed by atoms with Crippen molar-refractivity contribution in [1.29, 1.82) is 0 Å². The zero-order valence-electron chi connectivity index (χ0n) is 13.3. The van der Waals surface area contributed by atoms with Gasteiger partial charge in [0.2, 0.25) is 5.76 Å². The van der Waals surface area contributed by atoms with Crippen molar-refractivity contribution in [2.45, 2.75) is 13.0 Å². The fourth-order valence-electron chi connectivity index (χ4n) is 2.42. The molecule has 1 atom stereocenters. The van der Waals surface area contributed by atoms with Crippen LogP contribution in [0.15, 0.2) is 40.8 Å². The van der Waals surface area contributed by atoms with Crippen molar-refractivity contribution in [3.05, 3.63) is 48.0 Å². The van der Waals surface area contributed by atoms with Gasteiger partial charge in [0.25, 0.3) is 5.91 Å². The van der Waals surface area contributed by atoms with Crippen molar-refractivity contribution >= 4 is 17.9 Å². The molecule has 2 heterocycles. The quantitative estimate of drug-likeness (QED) is 0.857. The van der Waals surface area contributed by atoms with Crippen LogP contribution in [0.3, 0.4) is 0 Å². The summed E-state index contributed by atoms with van der Waals surface area (Å²) in [4.78, 5) is 36.7. The summed E-state index contributed by atoms with van der Waals surface area (Å²) >= 11 is 0. The monoisotopic (exact) mass is 346 g/mol. The molecule has 2 aromatic rings. The fourth-order valence-corrected chi connectivity index (χ4v) is 2.42. The molecule has 0 radical (unpaired) electrons. The van der Waals surface area contributed by atoms with E-state index in [1.807, 2.05) is 0 Å². The number of hydrogen-bond acceptors (Lipinski definition) is 5. The van der Waals surface area contributed by atoms with Crippen molar-refractivity contribution in [3.8, 4) is 11.3 Å². The molecule has 130 valence electrons. The molecule has 1 N–H and O–H groups in total. The molecule has 7 nitrogen and oxygen atoms in total. The maximum atomic E-state index is 13.7. The van der Waals surface area contributed by atoms with E-state index in [1.165, 1.54) is 31.2 Å². The van der Waals surface area contributed by atoms with Crippen LogP contribution >= 0.6 is 0 Å². The van der Waals surface area contributed by atoms with Gasteiger partial charge < -0.3 is 14.5 Å². The molecule has 1 aromatic heterocycles. The van der Waals surface area contributed by atoms with Crippen molar-refractivity contribution < 1.29 is 27.9 Å². The van der Waals surface area contributed by atoms with Gasteiger partial charge in [-0.05, 0) is 31.2 Å². The summed E-state index contributed by atoms with van der Waals surface area (Å²) < 4.78 is 24.1. The number of imide groups is 1.